The van der Waals surface area contributed by atoms with Crippen molar-refractivity contribution in [2.75, 3.05) is 24.6 Å². The predicted molar refractivity (Wildman–Crippen MR) is 88.9 cm³/mol. The third-order valence-electron chi connectivity index (χ3n) is 4.09. The zero-order valence-corrected chi connectivity index (χ0v) is 14.2. The van der Waals surface area contributed by atoms with Crippen molar-refractivity contribution in [3.8, 4) is 11.5 Å². The molecule has 0 fully saturated rings. The van der Waals surface area contributed by atoms with Gasteiger partial charge in [0.2, 0.25) is 0 Å². The summed E-state index contributed by atoms with van der Waals surface area (Å²) in [5.41, 5.74) is 2.66. The zero-order valence-electron chi connectivity index (χ0n) is 13.4. The van der Waals surface area contributed by atoms with Gasteiger partial charge in [0.1, 0.15) is 13.2 Å². The summed E-state index contributed by atoms with van der Waals surface area (Å²) in [6.45, 7) is 4.77. The number of benzene rings is 2. The van der Waals surface area contributed by atoms with Crippen LogP contribution in [-0.2, 0) is 10.0 Å². The molecule has 0 aliphatic carbocycles. The first-order valence-electron chi connectivity index (χ1n) is 7.36. The van der Waals surface area contributed by atoms with Gasteiger partial charge in [-0.15, -0.1) is 0 Å². The van der Waals surface area contributed by atoms with Gasteiger partial charge < -0.3 is 9.47 Å². The van der Waals surface area contributed by atoms with E-state index in [9.17, 15) is 8.42 Å². The number of aryl methyl sites for hydroxylation is 1. The first-order chi connectivity index (χ1) is 10.9. The Morgan fingerprint density at radius 2 is 1.70 bits per heavy atom. The van der Waals surface area contributed by atoms with Gasteiger partial charge in [0.05, 0.1) is 10.6 Å². The quantitative estimate of drug-likeness (QED) is 0.867. The molecule has 0 radical (unpaired) electrons. The van der Waals surface area contributed by atoms with Crippen molar-refractivity contribution in [3.05, 3.63) is 47.5 Å². The summed E-state index contributed by atoms with van der Waals surface area (Å²) in [5.74, 6) is 1.04. The van der Waals surface area contributed by atoms with E-state index in [1.54, 1.807) is 25.2 Å². The second kappa shape index (κ2) is 5.77. The maximum absolute atomic E-state index is 12.9. The molecule has 1 heterocycles. The Bertz CT molecular complexity index is 846. The Labute approximate surface area is 136 Å². The van der Waals surface area contributed by atoms with E-state index in [2.05, 4.69) is 0 Å². The molecule has 2 aromatic rings. The fraction of sp³-hybridized carbons (Fsp3) is 0.294. The maximum atomic E-state index is 12.9. The largest absolute Gasteiger partial charge is 0.486 e. The fourth-order valence-corrected chi connectivity index (χ4v) is 3.82. The van der Waals surface area contributed by atoms with Gasteiger partial charge in [0.15, 0.2) is 11.5 Å². The summed E-state index contributed by atoms with van der Waals surface area (Å²) in [6.07, 6.45) is 0. The molecule has 1 aliphatic heterocycles. The van der Waals surface area contributed by atoms with Crippen molar-refractivity contribution >= 4 is 15.7 Å². The van der Waals surface area contributed by atoms with Gasteiger partial charge in [-0.05, 0) is 43.2 Å². The van der Waals surface area contributed by atoms with E-state index in [4.69, 9.17) is 9.47 Å². The molecule has 3 rings (SSSR count). The molecule has 6 heteroatoms. The lowest BCUT2D eigenvalue weighted by atomic mass is 10.1. The van der Waals surface area contributed by atoms with Gasteiger partial charge in [-0.1, -0.05) is 12.1 Å². The second-order valence-corrected chi connectivity index (χ2v) is 7.47. The highest BCUT2D eigenvalue weighted by molar-refractivity contribution is 7.92. The summed E-state index contributed by atoms with van der Waals surface area (Å²) in [4.78, 5) is 0.185. The van der Waals surface area contributed by atoms with E-state index in [0.29, 0.717) is 30.4 Å². The van der Waals surface area contributed by atoms with Gasteiger partial charge in [-0.3, -0.25) is 4.31 Å². The van der Waals surface area contributed by atoms with Crippen molar-refractivity contribution in [2.45, 2.75) is 18.7 Å². The molecule has 1 aliphatic rings. The Kier molecular flexibility index (Phi) is 3.93. The fourth-order valence-electron chi connectivity index (χ4n) is 2.55. The van der Waals surface area contributed by atoms with Gasteiger partial charge in [0, 0.05) is 13.1 Å². The highest BCUT2D eigenvalue weighted by atomic mass is 32.2. The average molecular weight is 333 g/mol. The third-order valence-corrected chi connectivity index (χ3v) is 5.85. The third kappa shape index (κ3) is 2.74. The summed E-state index contributed by atoms with van der Waals surface area (Å²) in [7, 11) is -2.10. The van der Waals surface area contributed by atoms with Crippen LogP contribution in [0.25, 0.3) is 0 Å². The average Bonchev–Trinajstić information content (AvgIpc) is 2.56. The smallest absolute Gasteiger partial charge is 0.264 e. The van der Waals surface area contributed by atoms with Crippen LogP contribution < -0.4 is 13.8 Å². The standard InChI is InChI=1S/C17H19NO4S/c1-12-5-4-6-15(13(12)2)18(3)23(19,20)14-7-8-16-17(11-14)22-10-9-21-16/h4-8,11H,9-10H2,1-3H3. The van der Waals surface area contributed by atoms with Gasteiger partial charge in [-0.2, -0.15) is 0 Å². The minimum Gasteiger partial charge on any atom is -0.486 e. The molecule has 0 amide bonds. The summed E-state index contributed by atoms with van der Waals surface area (Å²) < 4.78 is 38.0. The van der Waals surface area contributed by atoms with Gasteiger partial charge in [-0.25, -0.2) is 8.42 Å². The Hall–Kier alpha value is -2.21. The van der Waals surface area contributed by atoms with Crippen LogP contribution in [0.2, 0.25) is 0 Å². The summed E-state index contributed by atoms with van der Waals surface area (Å²) in [6, 6.07) is 10.3. The number of anilines is 1. The molecule has 0 aromatic heterocycles. The van der Waals surface area contributed by atoms with Crippen LogP contribution in [0.5, 0.6) is 11.5 Å². The van der Waals surface area contributed by atoms with E-state index >= 15 is 0 Å². The summed E-state index contributed by atoms with van der Waals surface area (Å²) in [5, 5.41) is 0. The van der Waals surface area contributed by atoms with Crippen LogP contribution in [0, 0.1) is 13.8 Å². The molecule has 0 spiro atoms. The number of hydrogen-bond acceptors (Lipinski definition) is 4. The summed E-state index contributed by atoms with van der Waals surface area (Å²) >= 11 is 0. The van der Waals surface area contributed by atoms with Crippen molar-refractivity contribution in [1.29, 1.82) is 0 Å². The van der Waals surface area contributed by atoms with Crippen molar-refractivity contribution in [2.24, 2.45) is 0 Å². The zero-order chi connectivity index (χ0) is 16.6. The number of sulfonamides is 1. The van der Waals surface area contributed by atoms with Crippen LogP contribution in [0.15, 0.2) is 41.3 Å². The topological polar surface area (TPSA) is 55.8 Å². The molecule has 0 unspecified atom stereocenters. The number of nitrogens with zero attached hydrogens (tertiary/aromatic N) is 1. The highest BCUT2D eigenvalue weighted by Gasteiger charge is 2.25. The van der Waals surface area contributed by atoms with Crippen LogP contribution in [-0.4, -0.2) is 28.7 Å². The van der Waals surface area contributed by atoms with Gasteiger partial charge >= 0.3 is 0 Å². The molecule has 5 nitrogen and oxygen atoms in total. The lowest BCUT2D eigenvalue weighted by molar-refractivity contribution is 0.171. The van der Waals surface area contributed by atoms with Crippen molar-refractivity contribution in [1.82, 2.24) is 0 Å². The Morgan fingerprint density at radius 3 is 2.43 bits per heavy atom. The van der Waals surface area contributed by atoms with Crippen LogP contribution >= 0.6 is 0 Å². The minimum absolute atomic E-state index is 0.185. The molecule has 0 saturated heterocycles. The normalized spacial score (nSPS) is 13.7. The first kappa shape index (κ1) is 15.7. The van der Waals surface area contributed by atoms with Crippen LogP contribution in [0.3, 0.4) is 0 Å². The number of fused-ring (bicyclic) bond motifs is 1. The molecule has 23 heavy (non-hydrogen) atoms. The van der Waals surface area contributed by atoms with E-state index in [-0.39, 0.29) is 4.90 Å². The SMILES string of the molecule is Cc1cccc(N(C)S(=O)(=O)c2ccc3c(c2)OCCO3)c1C. The molecule has 0 atom stereocenters. The predicted octanol–water partition coefficient (Wildman–Crippen LogP) is 2.90. The molecule has 0 saturated carbocycles. The number of ether oxygens (including phenoxy) is 2. The molecular weight excluding hydrogens is 314 g/mol. The first-order valence-corrected chi connectivity index (χ1v) is 8.80. The minimum atomic E-state index is -3.67. The lowest BCUT2D eigenvalue weighted by Crippen LogP contribution is -2.27. The second-order valence-electron chi connectivity index (χ2n) is 5.50. The van der Waals surface area contributed by atoms with E-state index < -0.39 is 10.0 Å². The molecule has 0 bridgehead atoms. The lowest BCUT2D eigenvalue weighted by Gasteiger charge is -2.24. The van der Waals surface area contributed by atoms with E-state index in [0.717, 1.165) is 11.1 Å². The molecule has 122 valence electrons. The number of hydrogen-bond donors (Lipinski definition) is 0. The Balaban J connectivity index is 2.02. The number of rotatable bonds is 3. The maximum Gasteiger partial charge on any atom is 0.264 e. The molecule has 2 aromatic carbocycles. The molecular formula is C17H19NO4S. The van der Waals surface area contributed by atoms with Crippen LogP contribution in [0.1, 0.15) is 11.1 Å². The Morgan fingerprint density at radius 1 is 1.00 bits per heavy atom. The van der Waals surface area contributed by atoms with E-state index in [1.807, 2.05) is 26.0 Å². The highest BCUT2D eigenvalue weighted by Crippen LogP contribution is 2.34. The van der Waals surface area contributed by atoms with Crippen LogP contribution in [0.4, 0.5) is 5.69 Å². The van der Waals surface area contributed by atoms with Crippen molar-refractivity contribution in [3.63, 3.8) is 0 Å². The van der Waals surface area contributed by atoms with Gasteiger partial charge in [0.25, 0.3) is 10.0 Å². The van der Waals surface area contributed by atoms with E-state index in [1.165, 1.54) is 10.4 Å². The monoisotopic (exact) mass is 333 g/mol. The van der Waals surface area contributed by atoms with Crippen molar-refractivity contribution < 1.29 is 17.9 Å². The molecule has 0 N–H and O–H groups in total.